The number of amides is 1. The summed E-state index contributed by atoms with van der Waals surface area (Å²) in [7, 11) is -4.11. The Hall–Kier alpha value is -2.23. The monoisotopic (exact) mass is 456 g/mol. The van der Waals surface area contributed by atoms with Crippen molar-refractivity contribution in [2.75, 3.05) is 18.0 Å². The number of piperidine rings is 1. The van der Waals surface area contributed by atoms with Crippen molar-refractivity contribution in [2.45, 2.75) is 37.3 Å². The average Bonchev–Trinajstić information content (AvgIpc) is 2.71. The number of ether oxygens (including phenoxy) is 1. The minimum absolute atomic E-state index is 0.104. The van der Waals surface area contributed by atoms with Crippen LogP contribution < -0.4 is 4.90 Å². The van der Waals surface area contributed by atoms with Gasteiger partial charge in [-0.2, -0.15) is 4.31 Å². The van der Waals surface area contributed by atoms with Gasteiger partial charge in [0.2, 0.25) is 10.0 Å². The maximum absolute atomic E-state index is 13.6. The Labute approximate surface area is 178 Å². The van der Waals surface area contributed by atoms with Crippen LogP contribution in [0.15, 0.2) is 35.2 Å². The fourth-order valence-electron chi connectivity index (χ4n) is 3.90. The Bertz CT molecular complexity index is 1120. The van der Waals surface area contributed by atoms with Gasteiger partial charge in [0.1, 0.15) is 11.5 Å². The molecule has 0 bridgehead atoms. The zero-order valence-electron chi connectivity index (χ0n) is 16.1. The molecule has 2 aliphatic heterocycles. The Kier molecular flexibility index (Phi) is 5.46. The van der Waals surface area contributed by atoms with Crippen LogP contribution in [0.4, 0.5) is 19.3 Å². The number of rotatable bonds is 3. The predicted octanol–water partition coefficient (Wildman–Crippen LogP) is 4.24. The van der Waals surface area contributed by atoms with E-state index in [1.165, 1.54) is 4.31 Å². The van der Waals surface area contributed by atoms with Crippen molar-refractivity contribution in [3.63, 3.8) is 0 Å². The number of hydrogen-bond acceptors (Lipinski definition) is 4. The lowest BCUT2D eigenvalue weighted by molar-refractivity contribution is 0.135. The normalized spacial score (nSPS) is 18.3. The third kappa shape index (κ3) is 3.66. The fourth-order valence-corrected chi connectivity index (χ4v) is 5.87. The highest BCUT2D eigenvalue weighted by molar-refractivity contribution is 7.89. The lowest BCUT2D eigenvalue weighted by Gasteiger charge is -2.39. The number of cyclic esters (lactones) is 1. The van der Waals surface area contributed by atoms with Crippen molar-refractivity contribution >= 4 is 33.4 Å². The van der Waals surface area contributed by atoms with Gasteiger partial charge in [-0.1, -0.05) is 29.3 Å². The first-order chi connectivity index (χ1) is 14.2. The van der Waals surface area contributed by atoms with Crippen molar-refractivity contribution < 1.29 is 26.7 Å². The summed E-state index contributed by atoms with van der Waals surface area (Å²) in [5.74, 6) is -2.49. The summed E-state index contributed by atoms with van der Waals surface area (Å²) in [4.78, 5) is 13.5. The summed E-state index contributed by atoms with van der Waals surface area (Å²) in [5, 5.41) is -0.375. The summed E-state index contributed by atoms with van der Waals surface area (Å²) in [5.41, 5.74) is 2.72. The first-order valence-corrected chi connectivity index (χ1v) is 11.2. The molecule has 2 aromatic rings. The molecule has 0 aliphatic carbocycles. The largest absolute Gasteiger partial charge is 0.444 e. The van der Waals surface area contributed by atoms with Crippen LogP contribution >= 0.6 is 11.6 Å². The molecular weight excluding hydrogens is 438 g/mol. The third-order valence-electron chi connectivity index (χ3n) is 5.42. The van der Waals surface area contributed by atoms with Crippen LogP contribution in [0.1, 0.15) is 24.0 Å². The zero-order valence-corrected chi connectivity index (χ0v) is 17.6. The van der Waals surface area contributed by atoms with E-state index in [2.05, 4.69) is 0 Å². The zero-order chi connectivity index (χ0) is 21.6. The molecule has 0 atom stereocenters. The highest BCUT2D eigenvalue weighted by Crippen LogP contribution is 2.34. The summed E-state index contributed by atoms with van der Waals surface area (Å²) < 4.78 is 59.2. The number of hydrogen-bond donors (Lipinski definition) is 0. The number of aryl methyl sites for hydroxylation is 1. The van der Waals surface area contributed by atoms with Crippen LogP contribution in [0, 0.1) is 18.6 Å². The van der Waals surface area contributed by atoms with Crippen molar-refractivity contribution in [1.82, 2.24) is 4.31 Å². The summed E-state index contributed by atoms with van der Waals surface area (Å²) in [6.07, 6.45) is 0.266. The van der Waals surface area contributed by atoms with Crippen molar-refractivity contribution in [3.05, 3.63) is 58.1 Å². The second kappa shape index (κ2) is 7.79. The molecule has 0 aromatic heterocycles. The van der Waals surface area contributed by atoms with Gasteiger partial charge in [-0.15, -0.1) is 0 Å². The molecule has 0 N–H and O–H groups in total. The van der Waals surface area contributed by atoms with Gasteiger partial charge in [-0.3, -0.25) is 4.90 Å². The minimum Gasteiger partial charge on any atom is -0.444 e. The Morgan fingerprint density at radius 3 is 2.47 bits per heavy atom. The number of fused-ring (bicyclic) bond motifs is 1. The lowest BCUT2D eigenvalue weighted by Crippen LogP contribution is -2.50. The Morgan fingerprint density at radius 2 is 1.77 bits per heavy atom. The van der Waals surface area contributed by atoms with E-state index in [0.717, 1.165) is 16.8 Å². The molecule has 160 valence electrons. The van der Waals surface area contributed by atoms with Gasteiger partial charge < -0.3 is 4.74 Å². The van der Waals surface area contributed by atoms with Gasteiger partial charge in [0.05, 0.1) is 10.7 Å². The first kappa shape index (κ1) is 21.0. The van der Waals surface area contributed by atoms with Crippen molar-refractivity contribution in [1.29, 1.82) is 0 Å². The molecule has 10 heteroatoms. The summed E-state index contributed by atoms with van der Waals surface area (Å²) in [6, 6.07) is 6.74. The van der Waals surface area contributed by atoms with Gasteiger partial charge in [-0.25, -0.2) is 22.0 Å². The van der Waals surface area contributed by atoms with E-state index in [-0.39, 0.29) is 30.8 Å². The van der Waals surface area contributed by atoms with E-state index in [0.29, 0.717) is 25.0 Å². The number of carbonyl (C=O) groups is 1. The topological polar surface area (TPSA) is 66.9 Å². The van der Waals surface area contributed by atoms with Gasteiger partial charge >= 0.3 is 6.09 Å². The highest BCUT2D eigenvalue weighted by atomic mass is 35.5. The second-order valence-electron chi connectivity index (χ2n) is 7.39. The van der Waals surface area contributed by atoms with Gasteiger partial charge in [0, 0.05) is 24.7 Å². The molecule has 6 nitrogen and oxygen atoms in total. The molecule has 0 saturated carbocycles. The SMILES string of the molecule is Cc1ccc2c(c1)COC(=O)N2C1CCN(S(=O)(=O)c2cc(F)c(F)cc2Cl)CC1. The molecule has 2 aliphatic rings. The average molecular weight is 457 g/mol. The number of anilines is 1. The molecule has 2 aromatic carbocycles. The number of benzene rings is 2. The van der Waals surface area contributed by atoms with Crippen LogP contribution in [0.5, 0.6) is 0 Å². The van der Waals surface area contributed by atoms with Crippen LogP contribution in [0.2, 0.25) is 5.02 Å². The second-order valence-corrected chi connectivity index (χ2v) is 9.70. The van der Waals surface area contributed by atoms with Crippen LogP contribution in [-0.4, -0.2) is 37.9 Å². The van der Waals surface area contributed by atoms with Gasteiger partial charge in [-0.05, 0) is 38.0 Å². The first-order valence-electron chi connectivity index (χ1n) is 9.38. The molecular formula is C20H19ClF2N2O4S. The molecule has 1 fully saturated rings. The molecule has 30 heavy (non-hydrogen) atoms. The van der Waals surface area contributed by atoms with Crippen molar-refractivity contribution in [3.8, 4) is 0 Å². The van der Waals surface area contributed by atoms with E-state index in [4.69, 9.17) is 16.3 Å². The Morgan fingerprint density at radius 1 is 1.10 bits per heavy atom. The maximum Gasteiger partial charge on any atom is 0.414 e. The summed E-state index contributed by atoms with van der Waals surface area (Å²) in [6.45, 7) is 2.36. The van der Waals surface area contributed by atoms with Crippen LogP contribution in [-0.2, 0) is 21.4 Å². The molecule has 4 rings (SSSR count). The standard InChI is InChI=1S/C20H19ClF2N2O4S/c1-12-2-3-18-13(8-12)11-29-20(26)25(18)14-4-6-24(7-5-14)30(27,28)19-10-17(23)16(22)9-15(19)21/h2-3,8-10,14H,4-7,11H2,1H3. The molecule has 1 saturated heterocycles. The minimum atomic E-state index is -4.11. The van der Waals surface area contributed by atoms with Gasteiger partial charge in [0.25, 0.3) is 0 Å². The number of halogens is 3. The van der Waals surface area contributed by atoms with Crippen LogP contribution in [0.3, 0.4) is 0 Å². The van der Waals surface area contributed by atoms with E-state index < -0.39 is 32.6 Å². The number of carbonyl (C=O) groups excluding carboxylic acids is 1. The van der Waals surface area contributed by atoms with E-state index in [1.807, 2.05) is 25.1 Å². The number of nitrogens with zero attached hydrogens (tertiary/aromatic N) is 2. The third-order valence-corrected chi connectivity index (χ3v) is 7.79. The maximum atomic E-state index is 13.6. The quantitative estimate of drug-likeness (QED) is 0.648. The van der Waals surface area contributed by atoms with E-state index in [1.54, 1.807) is 4.90 Å². The van der Waals surface area contributed by atoms with Crippen LogP contribution in [0.25, 0.3) is 0 Å². The molecule has 2 heterocycles. The smallest absolute Gasteiger partial charge is 0.414 e. The predicted molar refractivity (Wildman–Crippen MR) is 107 cm³/mol. The highest BCUT2D eigenvalue weighted by Gasteiger charge is 2.37. The number of sulfonamides is 1. The van der Waals surface area contributed by atoms with E-state index >= 15 is 0 Å². The van der Waals surface area contributed by atoms with Crippen molar-refractivity contribution in [2.24, 2.45) is 0 Å². The molecule has 0 radical (unpaired) electrons. The summed E-state index contributed by atoms with van der Waals surface area (Å²) >= 11 is 5.86. The molecule has 1 amide bonds. The fraction of sp³-hybridized carbons (Fsp3) is 0.350. The Balaban J connectivity index is 1.55. The molecule has 0 spiro atoms. The van der Waals surface area contributed by atoms with E-state index in [9.17, 15) is 22.0 Å². The van der Waals surface area contributed by atoms with Gasteiger partial charge in [0.15, 0.2) is 11.6 Å². The molecule has 0 unspecified atom stereocenters. The lowest BCUT2D eigenvalue weighted by atomic mass is 10.0.